The Morgan fingerprint density at radius 3 is 2.54 bits per heavy atom. The number of hydrogen-bond donors (Lipinski definition) is 1. The van der Waals surface area contributed by atoms with Crippen LogP contribution in [0.4, 0.5) is 0 Å². The number of likely N-dealkylation sites (tertiary alicyclic amines) is 1. The van der Waals surface area contributed by atoms with E-state index in [1.54, 1.807) is 7.11 Å². The molecule has 0 bridgehead atoms. The summed E-state index contributed by atoms with van der Waals surface area (Å²) < 4.78 is 5.44. The summed E-state index contributed by atoms with van der Waals surface area (Å²) in [7, 11) is 1.73. The largest absolute Gasteiger partial charge is 0.496 e. The molecular formula is C23H31NO2. The first-order chi connectivity index (χ1) is 12.6. The summed E-state index contributed by atoms with van der Waals surface area (Å²) in [6.07, 6.45) is 3.18. The van der Waals surface area contributed by atoms with Gasteiger partial charge in [0.25, 0.3) is 0 Å². The number of benzene rings is 2. The zero-order chi connectivity index (χ0) is 18.6. The van der Waals surface area contributed by atoms with Crippen molar-refractivity contribution in [1.29, 1.82) is 0 Å². The lowest BCUT2D eigenvalue weighted by Gasteiger charge is -2.42. The van der Waals surface area contributed by atoms with Gasteiger partial charge in [0.05, 0.1) is 13.7 Å². The molecule has 3 nitrogen and oxygen atoms in total. The minimum Gasteiger partial charge on any atom is -0.496 e. The summed E-state index contributed by atoms with van der Waals surface area (Å²) >= 11 is 0. The number of hydrogen-bond acceptors (Lipinski definition) is 3. The molecule has 1 saturated heterocycles. The Bertz CT molecular complexity index is 728. The molecule has 0 radical (unpaired) electrons. The van der Waals surface area contributed by atoms with Gasteiger partial charge in [0, 0.05) is 18.5 Å². The second-order valence-electron chi connectivity index (χ2n) is 7.81. The molecule has 0 spiro atoms. The van der Waals surface area contributed by atoms with E-state index in [0.29, 0.717) is 0 Å². The lowest BCUT2D eigenvalue weighted by atomic mass is 9.75. The van der Waals surface area contributed by atoms with Crippen molar-refractivity contribution in [2.45, 2.75) is 39.7 Å². The Morgan fingerprint density at radius 1 is 1.08 bits per heavy atom. The molecule has 0 aliphatic carbocycles. The van der Waals surface area contributed by atoms with E-state index in [4.69, 9.17) is 4.74 Å². The zero-order valence-electron chi connectivity index (χ0n) is 16.3. The van der Waals surface area contributed by atoms with Gasteiger partial charge in [-0.1, -0.05) is 36.4 Å². The van der Waals surface area contributed by atoms with Crippen molar-refractivity contribution in [3.05, 3.63) is 64.7 Å². The second kappa shape index (κ2) is 8.24. The number of aliphatic hydroxyl groups is 1. The topological polar surface area (TPSA) is 32.7 Å². The molecule has 0 saturated carbocycles. The molecule has 3 rings (SSSR count). The third-order valence-electron chi connectivity index (χ3n) is 5.96. The molecule has 26 heavy (non-hydrogen) atoms. The fraction of sp³-hybridized carbons (Fsp3) is 0.478. The zero-order valence-corrected chi connectivity index (χ0v) is 16.3. The van der Waals surface area contributed by atoms with Gasteiger partial charge >= 0.3 is 0 Å². The number of piperidine rings is 1. The molecule has 1 aliphatic rings. The third kappa shape index (κ3) is 4.11. The Kier molecular flexibility index (Phi) is 6.00. The molecule has 1 heterocycles. The van der Waals surface area contributed by atoms with E-state index in [1.165, 1.54) is 22.3 Å². The third-order valence-corrected chi connectivity index (χ3v) is 5.96. The fourth-order valence-electron chi connectivity index (χ4n) is 4.29. The minimum atomic E-state index is -0.0327. The fourth-order valence-corrected chi connectivity index (χ4v) is 4.29. The summed E-state index contributed by atoms with van der Waals surface area (Å²) in [6.45, 7) is 7.54. The highest BCUT2D eigenvalue weighted by Crippen LogP contribution is 2.34. The molecule has 1 N–H and O–H groups in total. The average molecular weight is 354 g/mol. The predicted molar refractivity (Wildman–Crippen MR) is 107 cm³/mol. The van der Waals surface area contributed by atoms with E-state index >= 15 is 0 Å². The van der Waals surface area contributed by atoms with Gasteiger partial charge in [0.2, 0.25) is 0 Å². The van der Waals surface area contributed by atoms with E-state index < -0.39 is 0 Å². The molecule has 0 amide bonds. The molecule has 1 aliphatic heterocycles. The van der Waals surface area contributed by atoms with Gasteiger partial charge in [-0.05, 0) is 68.0 Å². The normalized spacial score (nSPS) is 20.9. The van der Waals surface area contributed by atoms with Crippen LogP contribution in [-0.2, 0) is 13.0 Å². The van der Waals surface area contributed by atoms with Crippen LogP contribution in [0.2, 0.25) is 0 Å². The predicted octanol–water partition coefficient (Wildman–Crippen LogP) is 4.13. The summed E-state index contributed by atoms with van der Waals surface area (Å²) in [6, 6.07) is 14.8. The Balaban J connectivity index is 1.74. The average Bonchev–Trinajstić information content (AvgIpc) is 2.67. The van der Waals surface area contributed by atoms with Crippen LogP contribution in [0.3, 0.4) is 0 Å². The van der Waals surface area contributed by atoms with Crippen LogP contribution in [0, 0.1) is 19.3 Å². The molecule has 140 valence electrons. The van der Waals surface area contributed by atoms with E-state index in [1.807, 2.05) is 0 Å². The second-order valence-corrected chi connectivity index (χ2v) is 7.81. The SMILES string of the molecule is COc1ccc(CN2CCC[C@@](CO)(Cc3ccccc3)C2)c(C)c1C. The number of rotatable bonds is 6. The highest BCUT2D eigenvalue weighted by Gasteiger charge is 2.35. The molecule has 1 atom stereocenters. The summed E-state index contributed by atoms with van der Waals surface area (Å²) in [5.41, 5.74) is 5.18. The molecule has 0 unspecified atom stereocenters. The Hall–Kier alpha value is -1.84. The molecule has 2 aromatic carbocycles. The maximum atomic E-state index is 10.2. The smallest absolute Gasteiger partial charge is 0.122 e. The lowest BCUT2D eigenvalue weighted by molar-refractivity contribution is 0.0288. The van der Waals surface area contributed by atoms with Crippen LogP contribution in [0.25, 0.3) is 0 Å². The maximum absolute atomic E-state index is 10.2. The van der Waals surface area contributed by atoms with Gasteiger partial charge < -0.3 is 9.84 Å². The maximum Gasteiger partial charge on any atom is 0.122 e. The van der Waals surface area contributed by atoms with Gasteiger partial charge in [-0.25, -0.2) is 0 Å². The van der Waals surface area contributed by atoms with Crippen LogP contribution in [0.15, 0.2) is 42.5 Å². The van der Waals surface area contributed by atoms with Crippen LogP contribution in [0.5, 0.6) is 5.75 Å². The van der Waals surface area contributed by atoms with Gasteiger partial charge in [0.15, 0.2) is 0 Å². The molecule has 2 aromatic rings. The van der Waals surface area contributed by atoms with Gasteiger partial charge in [-0.15, -0.1) is 0 Å². The number of nitrogens with zero attached hydrogens (tertiary/aromatic N) is 1. The van der Waals surface area contributed by atoms with Crippen molar-refractivity contribution < 1.29 is 9.84 Å². The van der Waals surface area contributed by atoms with Crippen LogP contribution in [-0.4, -0.2) is 36.8 Å². The van der Waals surface area contributed by atoms with Crippen LogP contribution >= 0.6 is 0 Å². The van der Waals surface area contributed by atoms with E-state index in [2.05, 4.69) is 61.2 Å². The van der Waals surface area contributed by atoms with Crippen molar-refractivity contribution in [1.82, 2.24) is 4.90 Å². The highest BCUT2D eigenvalue weighted by molar-refractivity contribution is 5.43. The van der Waals surface area contributed by atoms with Gasteiger partial charge in [-0.2, -0.15) is 0 Å². The first kappa shape index (κ1) is 18.9. The van der Waals surface area contributed by atoms with Crippen molar-refractivity contribution in [3.63, 3.8) is 0 Å². The van der Waals surface area contributed by atoms with Crippen LogP contribution in [0.1, 0.15) is 35.1 Å². The number of ether oxygens (including phenoxy) is 1. The Labute approximate surface area is 157 Å². The first-order valence-electron chi connectivity index (χ1n) is 9.57. The summed E-state index contributed by atoms with van der Waals surface area (Å²) in [4.78, 5) is 2.51. The van der Waals surface area contributed by atoms with Crippen molar-refractivity contribution in [2.75, 3.05) is 26.8 Å². The summed E-state index contributed by atoms with van der Waals surface area (Å²) in [5.74, 6) is 0.957. The molecule has 1 fully saturated rings. The molecule has 3 heteroatoms. The quantitative estimate of drug-likeness (QED) is 0.847. The van der Waals surface area contributed by atoms with Crippen molar-refractivity contribution >= 4 is 0 Å². The number of methoxy groups -OCH3 is 1. The van der Waals surface area contributed by atoms with E-state index in [-0.39, 0.29) is 12.0 Å². The van der Waals surface area contributed by atoms with Gasteiger partial charge in [-0.3, -0.25) is 4.90 Å². The minimum absolute atomic E-state index is 0.0327. The summed E-state index contributed by atoms with van der Waals surface area (Å²) in [5, 5.41) is 10.2. The molecule has 0 aromatic heterocycles. The van der Waals surface area contributed by atoms with Crippen LogP contribution < -0.4 is 4.74 Å². The Morgan fingerprint density at radius 2 is 1.85 bits per heavy atom. The van der Waals surface area contributed by atoms with Crippen molar-refractivity contribution in [2.24, 2.45) is 5.41 Å². The van der Waals surface area contributed by atoms with Gasteiger partial charge in [0.1, 0.15) is 5.75 Å². The first-order valence-corrected chi connectivity index (χ1v) is 9.57. The van der Waals surface area contributed by atoms with E-state index in [9.17, 15) is 5.11 Å². The lowest BCUT2D eigenvalue weighted by Crippen LogP contribution is -2.46. The van der Waals surface area contributed by atoms with E-state index in [0.717, 1.165) is 44.6 Å². The van der Waals surface area contributed by atoms with Crippen molar-refractivity contribution in [3.8, 4) is 5.75 Å². The monoisotopic (exact) mass is 353 g/mol. The number of aliphatic hydroxyl groups excluding tert-OH is 1. The molecular weight excluding hydrogens is 322 g/mol. The highest BCUT2D eigenvalue weighted by atomic mass is 16.5. The standard InChI is InChI=1S/C23H31NO2/c1-18-19(2)22(26-3)11-10-21(18)15-24-13-7-12-23(16-24,17-25)14-20-8-5-4-6-9-20/h4-6,8-11,25H,7,12-17H2,1-3H3/t23-/m1/s1.